The molecule has 0 spiro atoms. The predicted molar refractivity (Wildman–Crippen MR) is 91.9 cm³/mol. The van der Waals surface area contributed by atoms with Crippen molar-refractivity contribution in [3.05, 3.63) is 0 Å². The van der Waals surface area contributed by atoms with Gasteiger partial charge in [0.15, 0.2) is 0 Å². The van der Waals surface area contributed by atoms with Crippen molar-refractivity contribution < 1.29 is 32.3 Å². The van der Waals surface area contributed by atoms with E-state index in [9.17, 15) is 4.79 Å². The maximum absolute atomic E-state index is 12.0. The molecule has 0 aliphatic heterocycles. The highest BCUT2D eigenvalue weighted by atomic mass is 28.4. The molecule has 0 saturated carbocycles. The lowest BCUT2D eigenvalue weighted by molar-refractivity contribution is -0.122. The lowest BCUT2D eigenvalue weighted by atomic mass is 10.3. The summed E-state index contributed by atoms with van der Waals surface area (Å²) in [6.07, 6.45) is 0.266. The summed E-state index contributed by atoms with van der Waals surface area (Å²) in [6.45, 7) is 5.82. The summed E-state index contributed by atoms with van der Waals surface area (Å²) in [5.74, 6) is -0.0847. The molecular weight excluding hydrogens is 334 g/mol. The van der Waals surface area contributed by atoms with E-state index in [0.29, 0.717) is 32.5 Å². The Morgan fingerprint density at radius 1 is 1.00 bits per heavy atom. The topological polar surface area (TPSA) is 84.5 Å². The second-order valence-corrected chi connectivity index (χ2v) is 8.57. The van der Waals surface area contributed by atoms with Gasteiger partial charge in [0.05, 0.1) is 32.5 Å². The third-order valence-electron chi connectivity index (χ3n) is 3.41. The third kappa shape index (κ3) is 10.3. The largest absolute Gasteiger partial charge is 0.500 e. The Balaban J connectivity index is 3.90. The fraction of sp³-hybridized carbons (Fsp3) is 0.933. The molecule has 1 amide bonds. The Kier molecular flexibility index (Phi) is 13.4. The van der Waals surface area contributed by atoms with Gasteiger partial charge in [-0.15, -0.1) is 0 Å². The highest BCUT2D eigenvalue weighted by Crippen LogP contribution is 2.14. The molecule has 0 rings (SSSR count). The van der Waals surface area contributed by atoms with Gasteiger partial charge in [-0.3, -0.25) is 4.79 Å². The van der Waals surface area contributed by atoms with E-state index in [1.54, 1.807) is 7.11 Å². The van der Waals surface area contributed by atoms with Gasteiger partial charge in [0, 0.05) is 46.9 Å². The monoisotopic (exact) mass is 367 g/mol. The molecular formula is C15H33NO7Si. The van der Waals surface area contributed by atoms with Crippen molar-refractivity contribution in [3.8, 4) is 0 Å². The fourth-order valence-corrected chi connectivity index (χ4v) is 3.65. The van der Waals surface area contributed by atoms with Crippen molar-refractivity contribution in [1.82, 2.24) is 5.32 Å². The SMILES string of the molecule is COCCOC(C)COCC(C)NC(=O)CC[Si](OC)(OC)OC. The lowest BCUT2D eigenvalue weighted by Crippen LogP contribution is -2.44. The third-order valence-corrected chi connectivity index (χ3v) is 6.14. The van der Waals surface area contributed by atoms with Crippen LogP contribution in [0.1, 0.15) is 20.3 Å². The number of methoxy groups -OCH3 is 1. The highest BCUT2D eigenvalue weighted by Gasteiger charge is 2.38. The van der Waals surface area contributed by atoms with Crippen LogP contribution in [0.15, 0.2) is 0 Å². The van der Waals surface area contributed by atoms with Crippen molar-refractivity contribution >= 4 is 14.7 Å². The van der Waals surface area contributed by atoms with Crippen LogP contribution in [0.5, 0.6) is 0 Å². The summed E-state index contributed by atoms with van der Waals surface area (Å²) in [4.78, 5) is 12.0. The van der Waals surface area contributed by atoms with Crippen molar-refractivity contribution in [2.75, 3.05) is 54.9 Å². The summed E-state index contributed by atoms with van der Waals surface area (Å²) < 4.78 is 31.8. The summed E-state index contributed by atoms with van der Waals surface area (Å²) >= 11 is 0. The van der Waals surface area contributed by atoms with Gasteiger partial charge < -0.3 is 32.8 Å². The van der Waals surface area contributed by atoms with Gasteiger partial charge in [0.25, 0.3) is 0 Å². The molecule has 0 saturated heterocycles. The first-order chi connectivity index (χ1) is 11.4. The van der Waals surface area contributed by atoms with E-state index in [-0.39, 0.29) is 24.5 Å². The van der Waals surface area contributed by atoms with E-state index in [1.165, 1.54) is 21.3 Å². The molecule has 0 radical (unpaired) electrons. The molecule has 2 atom stereocenters. The van der Waals surface area contributed by atoms with Gasteiger partial charge in [-0.05, 0) is 13.8 Å². The molecule has 144 valence electrons. The van der Waals surface area contributed by atoms with Crippen LogP contribution in [0.2, 0.25) is 6.04 Å². The molecule has 0 aromatic rings. The number of carbonyl (C=O) groups is 1. The first kappa shape index (κ1) is 23.4. The lowest BCUT2D eigenvalue weighted by Gasteiger charge is -2.24. The summed E-state index contributed by atoms with van der Waals surface area (Å²) in [5, 5.41) is 2.88. The van der Waals surface area contributed by atoms with E-state index >= 15 is 0 Å². The van der Waals surface area contributed by atoms with Crippen LogP contribution in [0.4, 0.5) is 0 Å². The zero-order valence-electron chi connectivity index (χ0n) is 15.8. The van der Waals surface area contributed by atoms with Gasteiger partial charge in [-0.1, -0.05) is 0 Å². The molecule has 0 aromatic heterocycles. The van der Waals surface area contributed by atoms with Crippen molar-refractivity contribution in [2.24, 2.45) is 0 Å². The van der Waals surface area contributed by atoms with Crippen LogP contribution in [-0.2, 0) is 32.3 Å². The number of ether oxygens (including phenoxy) is 3. The zero-order valence-corrected chi connectivity index (χ0v) is 16.8. The molecule has 0 fully saturated rings. The molecule has 0 heterocycles. The molecule has 0 aromatic carbocycles. The Morgan fingerprint density at radius 2 is 1.62 bits per heavy atom. The molecule has 9 heteroatoms. The summed E-state index contributed by atoms with van der Waals surface area (Å²) in [5.41, 5.74) is 0. The second-order valence-electron chi connectivity index (χ2n) is 5.48. The average molecular weight is 368 g/mol. The first-order valence-electron chi connectivity index (χ1n) is 8.06. The average Bonchev–Trinajstić information content (AvgIpc) is 2.57. The Hall–Kier alpha value is -0.553. The Labute approximate surface area is 146 Å². The molecule has 0 aliphatic carbocycles. The number of rotatable bonds is 15. The van der Waals surface area contributed by atoms with E-state index in [1.807, 2.05) is 13.8 Å². The smallest absolute Gasteiger partial charge is 0.382 e. The van der Waals surface area contributed by atoms with Crippen LogP contribution in [0, 0.1) is 0 Å². The maximum Gasteiger partial charge on any atom is 0.500 e. The Bertz CT molecular complexity index is 321. The van der Waals surface area contributed by atoms with Crippen LogP contribution < -0.4 is 5.32 Å². The van der Waals surface area contributed by atoms with Gasteiger partial charge in [-0.2, -0.15) is 0 Å². The van der Waals surface area contributed by atoms with Crippen molar-refractivity contribution in [1.29, 1.82) is 0 Å². The minimum absolute atomic E-state index is 0.0141. The standard InChI is InChI=1S/C15H33NO7Si/c1-13(11-22-12-14(2)23-9-8-18-3)16-15(17)7-10-24(19-4,20-5)21-6/h13-14H,7-12H2,1-6H3,(H,16,17). The minimum atomic E-state index is -2.71. The normalized spacial score (nSPS) is 14.4. The predicted octanol–water partition coefficient (Wildman–Crippen LogP) is 0.827. The molecule has 0 bridgehead atoms. The van der Waals surface area contributed by atoms with Gasteiger partial charge in [0.1, 0.15) is 0 Å². The maximum atomic E-state index is 12.0. The van der Waals surface area contributed by atoms with Crippen LogP contribution in [-0.4, -0.2) is 81.7 Å². The molecule has 2 unspecified atom stereocenters. The summed E-state index contributed by atoms with van der Waals surface area (Å²) in [7, 11) is 3.52. The number of amides is 1. The van der Waals surface area contributed by atoms with Crippen molar-refractivity contribution in [3.63, 3.8) is 0 Å². The number of carbonyl (C=O) groups excluding carboxylic acids is 1. The molecule has 8 nitrogen and oxygen atoms in total. The van der Waals surface area contributed by atoms with Crippen LogP contribution in [0.3, 0.4) is 0 Å². The van der Waals surface area contributed by atoms with Crippen LogP contribution >= 0.6 is 0 Å². The summed E-state index contributed by atoms with van der Waals surface area (Å²) in [6, 6.07) is 0.340. The van der Waals surface area contributed by atoms with E-state index in [4.69, 9.17) is 27.5 Å². The van der Waals surface area contributed by atoms with Gasteiger partial charge in [0.2, 0.25) is 5.91 Å². The highest BCUT2D eigenvalue weighted by molar-refractivity contribution is 6.60. The first-order valence-corrected chi connectivity index (χ1v) is 9.99. The zero-order chi connectivity index (χ0) is 18.4. The fourth-order valence-electron chi connectivity index (χ4n) is 2.00. The molecule has 1 N–H and O–H groups in total. The quantitative estimate of drug-likeness (QED) is 0.339. The number of hydrogen-bond acceptors (Lipinski definition) is 7. The van der Waals surface area contributed by atoms with E-state index < -0.39 is 8.80 Å². The van der Waals surface area contributed by atoms with Crippen LogP contribution in [0.25, 0.3) is 0 Å². The second kappa shape index (κ2) is 13.7. The molecule has 24 heavy (non-hydrogen) atoms. The number of hydrogen-bond donors (Lipinski definition) is 1. The van der Waals surface area contributed by atoms with Crippen molar-refractivity contribution in [2.45, 2.75) is 38.5 Å². The minimum Gasteiger partial charge on any atom is -0.382 e. The molecule has 0 aliphatic rings. The van der Waals surface area contributed by atoms with Gasteiger partial charge in [-0.25, -0.2) is 0 Å². The van der Waals surface area contributed by atoms with E-state index in [0.717, 1.165) is 0 Å². The van der Waals surface area contributed by atoms with E-state index in [2.05, 4.69) is 5.32 Å². The Morgan fingerprint density at radius 3 is 2.17 bits per heavy atom. The van der Waals surface area contributed by atoms with Gasteiger partial charge >= 0.3 is 8.80 Å². The number of nitrogens with one attached hydrogen (secondary N) is 1.